The van der Waals surface area contributed by atoms with E-state index >= 15 is 0 Å². The highest BCUT2D eigenvalue weighted by Crippen LogP contribution is 2.23. The van der Waals surface area contributed by atoms with Gasteiger partial charge in [-0.2, -0.15) is 5.26 Å². The van der Waals surface area contributed by atoms with Gasteiger partial charge >= 0.3 is 0 Å². The van der Waals surface area contributed by atoms with E-state index in [-0.39, 0.29) is 6.04 Å². The van der Waals surface area contributed by atoms with Crippen molar-refractivity contribution < 1.29 is 0 Å². The molecule has 0 spiro atoms. The van der Waals surface area contributed by atoms with E-state index in [0.717, 1.165) is 10.0 Å². The molecular weight excluding hydrogens is 240 g/mol. The Balaban J connectivity index is 3.08. The average molecular weight is 253 g/mol. The predicted octanol–water partition coefficient (Wildman–Crippen LogP) is 2.98. The van der Waals surface area contributed by atoms with Crippen molar-refractivity contribution in [2.75, 3.05) is 0 Å². The maximum Gasteiger partial charge on any atom is 0.100 e. The highest BCUT2D eigenvalue weighted by molar-refractivity contribution is 9.10. The summed E-state index contributed by atoms with van der Waals surface area (Å²) in [5, 5.41) is 8.84. The average Bonchev–Trinajstić information content (AvgIpc) is 2.17. The zero-order valence-electron chi connectivity index (χ0n) is 8.29. The number of nitriles is 1. The topological polar surface area (TPSA) is 49.8 Å². The molecule has 0 heterocycles. The van der Waals surface area contributed by atoms with Crippen LogP contribution in [-0.2, 0) is 0 Å². The Kier molecular flexibility index (Phi) is 3.68. The summed E-state index contributed by atoms with van der Waals surface area (Å²) in [6.45, 7) is 4.14. The molecule has 2 nitrogen and oxygen atoms in total. The molecule has 1 unspecified atom stereocenters. The van der Waals surface area contributed by atoms with Gasteiger partial charge in [0.25, 0.3) is 0 Å². The van der Waals surface area contributed by atoms with E-state index in [4.69, 9.17) is 11.0 Å². The van der Waals surface area contributed by atoms with E-state index in [1.807, 2.05) is 18.2 Å². The van der Waals surface area contributed by atoms with Crippen molar-refractivity contribution in [2.24, 2.45) is 11.7 Å². The molecule has 14 heavy (non-hydrogen) atoms. The van der Waals surface area contributed by atoms with Gasteiger partial charge in [-0.1, -0.05) is 19.9 Å². The van der Waals surface area contributed by atoms with E-state index in [2.05, 4.69) is 35.8 Å². The molecule has 74 valence electrons. The van der Waals surface area contributed by atoms with Gasteiger partial charge in [-0.25, -0.2) is 0 Å². The summed E-state index contributed by atoms with van der Waals surface area (Å²) in [6, 6.07) is 7.79. The standard InChI is InChI=1S/C11H13BrN2/c1-7(2)11(14)8-3-4-10(12)9(5-8)6-13/h3-5,7,11H,14H2,1-2H3. The van der Waals surface area contributed by atoms with Crippen molar-refractivity contribution in [1.29, 1.82) is 5.26 Å². The fourth-order valence-corrected chi connectivity index (χ4v) is 1.56. The molecular formula is C11H13BrN2. The second-order valence-electron chi connectivity index (χ2n) is 3.62. The number of rotatable bonds is 2. The third kappa shape index (κ3) is 2.34. The van der Waals surface area contributed by atoms with Crippen LogP contribution in [0.4, 0.5) is 0 Å². The Morgan fingerprint density at radius 3 is 2.57 bits per heavy atom. The van der Waals surface area contributed by atoms with Crippen LogP contribution >= 0.6 is 15.9 Å². The Morgan fingerprint density at radius 2 is 2.07 bits per heavy atom. The normalized spacial score (nSPS) is 12.6. The summed E-state index contributed by atoms with van der Waals surface area (Å²) < 4.78 is 0.819. The smallest absolute Gasteiger partial charge is 0.100 e. The van der Waals surface area contributed by atoms with Crippen LogP contribution in [-0.4, -0.2) is 0 Å². The summed E-state index contributed by atoms with van der Waals surface area (Å²) in [5.74, 6) is 0.378. The molecule has 2 N–H and O–H groups in total. The first-order valence-corrected chi connectivity index (χ1v) is 5.30. The molecule has 0 bridgehead atoms. The van der Waals surface area contributed by atoms with Crippen LogP contribution in [0.5, 0.6) is 0 Å². The first kappa shape index (κ1) is 11.2. The highest BCUT2D eigenvalue weighted by atomic mass is 79.9. The molecule has 0 aliphatic rings. The van der Waals surface area contributed by atoms with Crippen LogP contribution in [0.2, 0.25) is 0 Å². The maximum atomic E-state index is 8.84. The second-order valence-corrected chi connectivity index (χ2v) is 4.48. The zero-order chi connectivity index (χ0) is 10.7. The first-order chi connectivity index (χ1) is 6.56. The summed E-state index contributed by atoms with van der Waals surface area (Å²) in [6.07, 6.45) is 0. The van der Waals surface area contributed by atoms with Gasteiger partial charge in [0.15, 0.2) is 0 Å². The van der Waals surface area contributed by atoms with Gasteiger partial charge in [0.1, 0.15) is 6.07 Å². The van der Waals surface area contributed by atoms with E-state index in [1.165, 1.54) is 0 Å². The van der Waals surface area contributed by atoms with Gasteiger partial charge < -0.3 is 5.73 Å². The molecule has 0 radical (unpaired) electrons. The second kappa shape index (κ2) is 4.59. The summed E-state index contributed by atoms with van der Waals surface area (Å²) in [5.41, 5.74) is 7.64. The molecule has 1 aromatic carbocycles. The van der Waals surface area contributed by atoms with Gasteiger partial charge in [0.2, 0.25) is 0 Å². The first-order valence-electron chi connectivity index (χ1n) is 4.51. The van der Waals surface area contributed by atoms with Gasteiger partial charge in [-0.3, -0.25) is 0 Å². The quantitative estimate of drug-likeness (QED) is 0.880. The van der Waals surface area contributed by atoms with Gasteiger partial charge in [-0.15, -0.1) is 0 Å². The van der Waals surface area contributed by atoms with Gasteiger partial charge in [-0.05, 0) is 39.5 Å². The molecule has 3 heteroatoms. The largest absolute Gasteiger partial charge is 0.324 e. The van der Waals surface area contributed by atoms with Crippen LogP contribution in [0, 0.1) is 17.2 Å². The highest BCUT2D eigenvalue weighted by Gasteiger charge is 2.11. The molecule has 0 amide bonds. The van der Waals surface area contributed by atoms with E-state index in [9.17, 15) is 0 Å². The lowest BCUT2D eigenvalue weighted by Gasteiger charge is -2.16. The van der Waals surface area contributed by atoms with Crippen LogP contribution in [0.25, 0.3) is 0 Å². The summed E-state index contributed by atoms with van der Waals surface area (Å²) in [7, 11) is 0. The number of halogens is 1. The molecule has 0 saturated carbocycles. The monoisotopic (exact) mass is 252 g/mol. The van der Waals surface area contributed by atoms with Crippen molar-refractivity contribution in [2.45, 2.75) is 19.9 Å². The summed E-state index contributed by atoms with van der Waals surface area (Å²) in [4.78, 5) is 0. The molecule has 1 aromatic rings. The number of nitrogens with two attached hydrogens (primary N) is 1. The number of hydrogen-bond donors (Lipinski definition) is 1. The lowest BCUT2D eigenvalue weighted by Crippen LogP contribution is -2.16. The number of hydrogen-bond acceptors (Lipinski definition) is 2. The third-order valence-corrected chi connectivity index (χ3v) is 2.91. The SMILES string of the molecule is CC(C)C(N)c1ccc(Br)c(C#N)c1. The zero-order valence-corrected chi connectivity index (χ0v) is 9.88. The predicted molar refractivity (Wildman–Crippen MR) is 60.6 cm³/mol. The molecule has 1 atom stereocenters. The van der Waals surface area contributed by atoms with Crippen LogP contribution in [0.3, 0.4) is 0 Å². The van der Waals surface area contributed by atoms with Crippen molar-refractivity contribution in [1.82, 2.24) is 0 Å². The van der Waals surface area contributed by atoms with Crippen molar-refractivity contribution >= 4 is 15.9 Å². The minimum Gasteiger partial charge on any atom is -0.324 e. The molecule has 0 fully saturated rings. The molecule has 1 rings (SSSR count). The summed E-state index contributed by atoms with van der Waals surface area (Å²) >= 11 is 3.31. The van der Waals surface area contributed by atoms with E-state index in [0.29, 0.717) is 11.5 Å². The van der Waals surface area contributed by atoms with E-state index < -0.39 is 0 Å². The molecule has 0 aliphatic carbocycles. The van der Waals surface area contributed by atoms with Crippen molar-refractivity contribution in [3.8, 4) is 6.07 Å². The van der Waals surface area contributed by atoms with Crippen LogP contribution in [0.1, 0.15) is 31.0 Å². The van der Waals surface area contributed by atoms with Crippen LogP contribution in [0.15, 0.2) is 22.7 Å². The minimum absolute atomic E-state index is 0.00444. The van der Waals surface area contributed by atoms with Gasteiger partial charge in [0.05, 0.1) is 5.56 Å². The fraction of sp³-hybridized carbons (Fsp3) is 0.364. The van der Waals surface area contributed by atoms with Gasteiger partial charge in [0, 0.05) is 10.5 Å². The Bertz CT molecular complexity index is 366. The minimum atomic E-state index is -0.00444. The molecule has 0 aromatic heterocycles. The van der Waals surface area contributed by atoms with Crippen LogP contribution < -0.4 is 5.73 Å². The fourth-order valence-electron chi connectivity index (χ4n) is 1.22. The third-order valence-electron chi connectivity index (χ3n) is 2.21. The van der Waals surface area contributed by atoms with Crippen molar-refractivity contribution in [3.63, 3.8) is 0 Å². The number of benzene rings is 1. The Morgan fingerprint density at radius 1 is 1.43 bits per heavy atom. The van der Waals surface area contributed by atoms with E-state index in [1.54, 1.807) is 0 Å². The van der Waals surface area contributed by atoms with Crippen molar-refractivity contribution in [3.05, 3.63) is 33.8 Å². The lowest BCUT2D eigenvalue weighted by molar-refractivity contribution is 0.514. The lowest BCUT2D eigenvalue weighted by atomic mass is 9.96. The Labute approximate surface area is 92.9 Å². The Hall–Kier alpha value is -0.850. The maximum absolute atomic E-state index is 8.84. The molecule has 0 saturated heterocycles. The molecule has 0 aliphatic heterocycles. The number of nitrogens with zero attached hydrogens (tertiary/aromatic N) is 1.